The molecular formula is C29H35N3O4. The Morgan fingerprint density at radius 2 is 1.83 bits per heavy atom. The molecule has 2 aliphatic rings. The molecule has 2 heterocycles. The number of carboxylic acids is 1. The van der Waals surface area contributed by atoms with E-state index < -0.39 is 5.97 Å². The SMILES string of the molecule is COC(=O)N1c2ccc3c(nc(Cc4ccccc4)n3[C@H]3CC[C@@](C)(CC(=O)O)CC3)c2CC[C@@H]1C. The molecule has 1 atom stereocenters. The highest BCUT2D eigenvalue weighted by Gasteiger charge is 2.36. The summed E-state index contributed by atoms with van der Waals surface area (Å²) in [6.07, 6.45) is 5.96. The lowest BCUT2D eigenvalue weighted by Crippen LogP contribution is -2.42. The van der Waals surface area contributed by atoms with E-state index in [1.807, 2.05) is 12.1 Å². The van der Waals surface area contributed by atoms with E-state index in [4.69, 9.17) is 9.72 Å². The number of hydrogen-bond acceptors (Lipinski definition) is 4. The van der Waals surface area contributed by atoms with Gasteiger partial charge in [0.25, 0.3) is 0 Å². The molecule has 5 rings (SSSR count). The maximum atomic E-state index is 12.6. The lowest BCUT2D eigenvalue weighted by molar-refractivity contribution is -0.140. The molecule has 7 heteroatoms. The molecule has 1 aliphatic carbocycles. The van der Waals surface area contributed by atoms with Crippen molar-refractivity contribution in [2.24, 2.45) is 5.41 Å². The van der Waals surface area contributed by atoms with Crippen molar-refractivity contribution >= 4 is 28.8 Å². The molecule has 1 N–H and O–H groups in total. The van der Waals surface area contributed by atoms with Gasteiger partial charge in [-0.1, -0.05) is 37.3 Å². The second-order valence-electron chi connectivity index (χ2n) is 10.8. The average Bonchev–Trinajstić information content (AvgIpc) is 3.22. The number of benzene rings is 2. The summed E-state index contributed by atoms with van der Waals surface area (Å²) in [5, 5.41) is 9.39. The second-order valence-corrected chi connectivity index (χ2v) is 10.8. The largest absolute Gasteiger partial charge is 0.481 e. The molecular weight excluding hydrogens is 454 g/mol. The summed E-state index contributed by atoms with van der Waals surface area (Å²) in [5.74, 6) is 0.310. The smallest absolute Gasteiger partial charge is 0.414 e. The lowest BCUT2D eigenvalue weighted by Gasteiger charge is -2.37. The van der Waals surface area contributed by atoms with Gasteiger partial charge in [0, 0.05) is 24.1 Å². The summed E-state index contributed by atoms with van der Waals surface area (Å²) in [6, 6.07) is 14.9. The van der Waals surface area contributed by atoms with Gasteiger partial charge in [0.1, 0.15) is 5.82 Å². The molecule has 1 fully saturated rings. The fraction of sp³-hybridized carbons (Fsp3) is 0.483. The van der Waals surface area contributed by atoms with Gasteiger partial charge in [-0.15, -0.1) is 0 Å². The van der Waals surface area contributed by atoms with Crippen molar-refractivity contribution in [1.29, 1.82) is 0 Å². The number of carbonyl (C=O) groups excluding carboxylic acids is 1. The first kappa shape index (κ1) is 24.3. The van der Waals surface area contributed by atoms with Crippen LogP contribution in [0.4, 0.5) is 10.5 Å². The molecule has 1 amide bonds. The Morgan fingerprint density at radius 1 is 1.11 bits per heavy atom. The van der Waals surface area contributed by atoms with E-state index in [1.54, 1.807) is 4.90 Å². The summed E-state index contributed by atoms with van der Waals surface area (Å²) >= 11 is 0. The van der Waals surface area contributed by atoms with E-state index in [-0.39, 0.29) is 30.0 Å². The highest BCUT2D eigenvalue weighted by molar-refractivity contribution is 5.95. The lowest BCUT2D eigenvalue weighted by atomic mass is 9.72. The Hall–Kier alpha value is -3.35. The van der Waals surface area contributed by atoms with Crippen LogP contribution in [0.5, 0.6) is 0 Å². The summed E-state index contributed by atoms with van der Waals surface area (Å²) in [7, 11) is 1.43. The van der Waals surface area contributed by atoms with Crippen molar-refractivity contribution in [3.05, 3.63) is 59.4 Å². The third-order valence-corrected chi connectivity index (χ3v) is 8.21. The molecule has 0 saturated heterocycles. The van der Waals surface area contributed by atoms with Gasteiger partial charge < -0.3 is 14.4 Å². The molecule has 0 spiro atoms. The number of nitrogens with zero attached hydrogens (tertiary/aromatic N) is 3. The highest BCUT2D eigenvalue weighted by Crippen LogP contribution is 2.45. The van der Waals surface area contributed by atoms with E-state index in [0.29, 0.717) is 0 Å². The third kappa shape index (κ3) is 4.47. The van der Waals surface area contributed by atoms with Crippen molar-refractivity contribution < 1.29 is 19.4 Å². The van der Waals surface area contributed by atoms with Gasteiger partial charge in [-0.25, -0.2) is 9.78 Å². The van der Waals surface area contributed by atoms with Crippen LogP contribution in [0.3, 0.4) is 0 Å². The van der Waals surface area contributed by atoms with Gasteiger partial charge in [0.2, 0.25) is 0 Å². The Labute approximate surface area is 212 Å². The summed E-state index contributed by atoms with van der Waals surface area (Å²) in [5.41, 5.74) is 5.12. The first-order valence-electron chi connectivity index (χ1n) is 13.0. The van der Waals surface area contributed by atoms with Crippen molar-refractivity contribution in [3.63, 3.8) is 0 Å². The molecule has 2 aromatic carbocycles. The molecule has 3 aromatic rings. The van der Waals surface area contributed by atoms with Crippen molar-refractivity contribution in [3.8, 4) is 0 Å². The number of aromatic nitrogens is 2. The fourth-order valence-corrected chi connectivity index (χ4v) is 6.23. The van der Waals surface area contributed by atoms with E-state index >= 15 is 0 Å². The quantitative estimate of drug-likeness (QED) is 0.466. The second kappa shape index (κ2) is 9.60. The average molecular weight is 490 g/mol. The normalized spacial score (nSPS) is 23.9. The molecule has 0 unspecified atom stereocenters. The van der Waals surface area contributed by atoms with Gasteiger partial charge in [-0.05, 0) is 68.6 Å². The first-order chi connectivity index (χ1) is 17.3. The molecule has 1 aliphatic heterocycles. The zero-order valence-electron chi connectivity index (χ0n) is 21.4. The van der Waals surface area contributed by atoms with Crippen LogP contribution in [-0.2, 0) is 22.4 Å². The molecule has 7 nitrogen and oxygen atoms in total. The maximum absolute atomic E-state index is 12.6. The van der Waals surface area contributed by atoms with Crippen molar-refractivity contribution in [2.45, 2.75) is 77.3 Å². The van der Waals surface area contributed by atoms with Gasteiger partial charge in [0.15, 0.2) is 0 Å². The van der Waals surface area contributed by atoms with Crippen LogP contribution in [-0.4, -0.2) is 39.9 Å². The molecule has 1 aromatic heterocycles. The van der Waals surface area contributed by atoms with E-state index in [1.165, 1.54) is 12.7 Å². The maximum Gasteiger partial charge on any atom is 0.414 e. The summed E-state index contributed by atoms with van der Waals surface area (Å²) < 4.78 is 7.50. The van der Waals surface area contributed by atoms with Crippen LogP contribution in [0.1, 0.15) is 75.4 Å². The van der Waals surface area contributed by atoms with Crippen LogP contribution in [0.15, 0.2) is 42.5 Å². The van der Waals surface area contributed by atoms with Crippen LogP contribution in [0, 0.1) is 5.41 Å². The van der Waals surface area contributed by atoms with E-state index in [9.17, 15) is 14.7 Å². The van der Waals surface area contributed by atoms with E-state index in [0.717, 1.165) is 73.1 Å². The Balaban J connectivity index is 1.58. The number of imidazole rings is 1. The topological polar surface area (TPSA) is 84.7 Å². The van der Waals surface area contributed by atoms with E-state index in [2.05, 4.69) is 48.7 Å². The number of fused-ring (bicyclic) bond motifs is 3. The predicted molar refractivity (Wildman–Crippen MR) is 140 cm³/mol. The number of amides is 1. The fourth-order valence-electron chi connectivity index (χ4n) is 6.23. The number of anilines is 1. The molecule has 0 bridgehead atoms. The summed E-state index contributed by atoms with van der Waals surface area (Å²) in [4.78, 5) is 31.0. The minimum atomic E-state index is -0.718. The standard InChI is InChI=1S/C29H35N3O4/c1-19-9-10-22-23(31(19)28(35)36-3)11-12-24-27(22)30-25(17-20-7-5-4-6-8-20)32(24)21-13-15-29(2,16-14-21)18-26(33)34/h4-8,11-12,19,21H,9-10,13-18H2,1-3H3,(H,33,34)/t19-,21-,29+/m0/s1. The molecule has 190 valence electrons. The van der Waals surface area contributed by atoms with Gasteiger partial charge in [-0.2, -0.15) is 0 Å². The monoisotopic (exact) mass is 489 g/mol. The molecule has 1 saturated carbocycles. The Morgan fingerprint density at radius 3 is 2.50 bits per heavy atom. The number of ether oxygens (including phenoxy) is 1. The summed E-state index contributed by atoms with van der Waals surface area (Å²) in [6.45, 7) is 4.16. The minimum Gasteiger partial charge on any atom is -0.481 e. The van der Waals surface area contributed by atoms with Crippen molar-refractivity contribution in [2.75, 3.05) is 12.0 Å². The number of methoxy groups -OCH3 is 1. The third-order valence-electron chi connectivity index (χ3n) is 8.21. The number of aryl methyl sites for hydroxylation is 1. The molecule has 0 radical (unpaired) electrons. The first-order valence-corrected chi connectivity index (χ1v) is 13.0. The van der Waals surface area contributed by atoms with Gasteiger partial charge >= 0.3 is 12.1 Å². The van der Waals surface area contributed by atoms with Crippen LogP contribution >= 0.6 is 0 Å². The van der Waals surface area contributed by atoms with Crippen LogP contribution < -0.4 is 4.90 Å². The predicted octanol–water partition coefficient (Wildman–Crippen LogP) is 6.13. The zero-order chi connectivity index (χ0) is 25.4. The Bertz CT molecular complexity index is 1270. The highest BCUT2D eigenvalue weighted by atomic mass is 16.5. The van der Waals surface area contributed by atoms with Crippen LogP contribution in [0.25, 0.3) is 11.0 Å². The number of carbonyl (C=O) groups is 2. The number of aliphatic carboxylic acids is 1. The van der Waals surface area contributed by atoms with Crippen molar-refractivity contribution in [1.82, 2.24) is 9.55 Å². The molecule has 36 heavy (non-hydrogen) atoms. The number of rotatable bonds is 5. The van der Waals surface area contributed by atoms with Gasteiger partial charge in [0.05, 0.1) is 30.3 Å². The van der Waals surface area contributed by atoms with Crippen LogP contribution in [0.2, 0.25) is 0 Å². The minimum absolute atomic E-state index is 0.0681. The Kier molecular flexibility index (Phi) is 6.49. The number of hydrogen-bond donors (Lipinski definition) is 1. The zero-order valence-corrected chi connectivity index (χ0v) is 21.4. The number of carboxylic acid groups (broad SMARTS) is 1. The van der Waals surface area contributed by atoms with Gasteiger partial charge in [-0.3, -0.25) is 9.69 Å².